The molecule has 0 unspecified atom stereocenters. The molecule has 1 rings (SSSR count). The summed E-state index contributed by atoms with van der Waals surface area (Å²) in [5.41, 5.74) is 1.46. The van der Waals surface area contributed by atoms with Crippen molar-refractivity contribution in [3.8, 4) is 0 Å². The molecule has 1 aromatic heterocycles. The third-order valence-electron chi connectivity index (χ3n) is 1.84. The number of rotatable bonds is 5. The molecular weight excluding hydrogens is 292 g/mol. The van der Waals surface area contributed by atoms with E-state index < -0.39 is 0 Å². The van der Waals surface area contributed by atoms with Crippen molar-refractivity contribution in [1.29, 1.82) is 0 Å². The van der Waals surface area contributed by atoms with Crippen LogP contribution in [-0.2, 0) is 6.42 Å². The van der Waals surface area contributed by atoms with Crippen molar-refractivity contribution in [2.45, 2.75) is 39.0 Å². The van der Waals surface area contributed by atoms with Crippen LogP contribution >= 0.6 is 23.7 Å². The van der Waals surface area contributed by atoms with Crippen LogP contribution in [-0.4, -0.2) is 23.1 Å². The Morgan fingerprint density at radius 1 is 1.29 bits per heavy atom. The van der Waals surface area contributed by atoms with Gasteiger partial charge in [0.2, 0.25) is 0 Å². The SMILES string of the molecule is CCCCCCc1c[c-]sc1.Cl.[Br-].[Mg+2]. The van der Waals surface area contributed by atoms with Crippen molar-refractivity contribution in [2.24, 2.45) is 0 Å². The maximum atomic E-state index is 3.11. The van der Waals surface area contributed by atoms with Crippen molar-refractivity contribution in [3.05, 3.63) is 22.4 Å². The molecule has 0 atom stereocenters. The third kappa shape index (κ3) is 9.78. The van der Waals surface area contributed by atoms with E-state index in [1.165, 1.54) is 37.7 Å². The third-order valence-corrected chi connectivity index (χ3v) is 2.52. The van der Waals surface area contributed by atoms with Crippen LogP contribution in [0, 0.1) is 5.38 Å². The molecule has 0 nitrogen and oxygen atoms in total. The molecular formula is C10H16BrClMgS. The Hall–Kier alpha value is 1.24. The topological polar surface area (TPSA) is 0 Å². The summed E-state index contributed by atoms with van der Waals surface area (Å²) in [5.74, 6) is 0. The van der Waals surface area contributed by atoms with E-state index in [1.54, 1.807) is 11.3 Å². The zero-order valence-corrected chi connectivity index (χ0v) is 13.2. The molecule has 0 amide bonds. The van der Waals surface area contributed by atoms with E-state index in [1.807, 2.05) is 0 Å². The van der Waals surface area contributed by atoms with Crippen LogP contribution in [0.5, 0.6) is 0 Å². The van der Waals surface area contributed by atoms with E-state index >= 15 is 0 Å². The number of hydrogen-bond acceptors (Lipinski definition) is 1. The molecule has 0 aliphatic carbocycles. The molecule has 14 heavy (non-hydrogen) atoms. The van der Waals surface area contributed by atoms with Crippen molar-refractivity contribution in [3.63, 3.8) is 0 Å². The van der Waals surface area contributed by atoms with Crippen LogP contribution in [0.2, 0.25) is 0 Å². The maximum Gasteiger partial charge on any atom is 2.00 e. The Bertz CT molecular complexity index is 180. The fourth-order valence-corrected chi connectivity index (χ4v) is 1.77. The quantitative estimate of drug-likeness (QED) is 0.427. The van der Waals surface area contributed by atoms with Crippen molar-refractivity contribution >= 4 is 46.8 Å². The largest absolute Gasteiger partial charge is 2.00 e. The molecule has 0 N–H and O–H groups in total. The molecule has 0 saturated carbocycles. The normalized spacial score (nSPS) is 8.07. The van der Waals surface area contributed by atoms with Crippen LogP contribution in [0.1, 0.15) is 38.2 Å². The minimum Gasteiger partial charge on any atom is -1.00 e. The standard InChI is InChI=1S/C10H15S.BrH.ClH.Mg/c1-2-3-4-5-6-10-7-8-11-9-10;;;/h7,9H,2-6H2,1H3;2*1H;/q-1;;;+2/p-1. The number of halogens is 2. The predicted molar refractivity (Wildman–Crippen MR) is 64.0 cm³/mol. The van der Waals surface area contributed by atoms with E-state index in [2.05, 4.69) is 23.8 Å². The monoisotopic (exact) mass is 306 g/mol. The summed E-state index contributed by atoms with van der Waals surface area (Å²) in [5, 5.41) is 5.31. The van der Waals surface area contributed by atoms with Gasteiger partial charge in [-0.3, -0.25) is 0 Å². The Morgan fingerprint density at radius 3 is 2.50 bits per heavy atom. The number of aryl methyl sites for hydroxylation is 1. The Labute approximate surface area is 124 Å². The van der Waals surface area contributed by atoms with Gasteiger partial charge < -0.3 is 28.3 Å². The predicted octanol–water partition coefficient (Wildman–Crippen LogP) is 0.716. The van der Waals surface area contributed by atoms with Gasteiger partial charge in [0, 0.05) is 0 Å². The first-order valence-electron chi connectivity index (χ1n) is 4.37. The molecule has 0 fully saturated rings. The number of unbranched alkanes of at least 4 members (excludes halogenated alkanes) is 3. The Kier molecular flexibility index (Phi) is 21.0. The van der Waals surface area contributed by atoms with Crippen molar-refractivity contribution in [2.75, 3.05) is 0 Å². The second-order valence-electron chi connectivity index (χ2n) is 2.88. The molecule has 0 aromatic carbocycles. The summed E-state index contributed by atoms with van der Waals surface area (Å²) in [7, 11) is 0. The molecule has 0 aliphatic heterocycles. The van der Waals surface area contributed by atoms with Crippen LogP contribution < -0.4 is 17.0 Å². The number of thiophene rings is 1. The zero-order chi connectivity index (χ0) is 7.94. The average Bonchev–Trinajstić information content (AvgIpc) is 2.50. The van der Waals surface area contributed by atoms with E-state index in [0.29, 0.717) is 0 Å². The summed E-state index contributed by atoms with van der Waals surface area (Å²) >= 11 is 1.68. The van der Waals surface area contributed by atoms with Gasteiger partial charge in [0.15, 0.2) is 0 Å². The fraction of sp³-hybridized carbons (Fsp3) is 0.600. The molecule has 0 saturated heterocycles. The second kappa shape index (κ2) is 14.2. The summed E-state index contributed by atoms with van der Waals surface area (Å²) in [6.45, 7) is 2.25. The van der Waals surface area contributed by atoms with Gasteiger partial charge in [0.05, 0.1) is 0 Å². The van der Waals surface area contributed by atoms with Crippen LogP contribution in [0.15, 0.2) is 11.4 Å². The summed E-state index contributed by atoms with van der Waals surface area (Å²) in [4.78, 5) is 0. The zero-order valence-electron chi connectivity index (χ0n) is 8.59. The summed E-state index contributed by atoms with van der Waals surface area (Å²) < 4.78 is 0. The van der Waals surface area contributed by atoms with Gasteiger partial charge in [-0.15, -0.1) is 17.8 Å². The van der Waals surface area contributed by atoms with Gasteiger partial charge in [-0.1, -0.05) is 39.0 Å². The van der Waals surface area contributed by atoms with E-state index in [9.17, 15) is 0 Å². The molecule has 0 radical (unpaired) electrons. The van der Waals surface area contributed by atoms with E-state index in [4.69, 9.17) is 0 Å². The molecule has 0 aliphatic rings. The Balaban J connectivity index is -0.000000403. The van der Waals surface area contributed by atoms with Gasteiger partial charge in [-0.25, -0.2) is 0 Å². The van der Waals surface area contributed by atoms with Gasteiger partial charge in [0.25, 0.3) is 0 Å². The molecule has 0 spiro atoms. The first-order valence-corrected chi connectivity index (χ1v) is 5.25. The Morgan fingerprint density at radius 2 is 2.00 bits per heavy atom. The first-order chi connectivity index (χ1) is 5.43. The van der Waals surface area contributed by atoms with Crippen molar-refractivity contribution in [1.82, 2.24) is 0 Å². The van der Waals surface area contributed by atoms with E-state index in [0.717, 1.165) is 0 Å². The first kappa shape index (κ1) is 20.6. The molecule has 1 aromatic rings. The molecule has 1 heterocycles. The van der Waals surface area contributed by atoms with Crippen LogP contribution in [0.25, 0.3) is 0 Å². The minimum absolute atomic E-state index is 0. The number of hydrogen-bond donors (Lipinski definition) is 0. The molecule has 4 heteroatoms. The fourth-order valence-electron chi connectivity index (χ4n) is 1.14. The van der Waals surface area contributed by atoms with Crippen LogP contribution in [0.4, 0.5) is 0 Å². The van der Waals surface area contributed by atoms with Crippen LogP contribution in [0.3, 0.4) is 0 Å². The smallest absolute Gasteiger partial charge is 1.00 e. The van der Waals surface area contributed by atoms with E-state index in [-0.39, 0.29) is 52.4 Å². The maximum absolute atomic E-state index is 3.11. The molecule has 78 valence electrons. The van der Waals surface area contributed by atoms with Gasteiger partial charge in [-0.2, -0.15) is 17.0 Å². The van der Waals surface area contributed by atoms with Crippen molar-refractivity contribution < 1.29 is 17.0 Å². The minimum atomic E-state index is 0. The molecule has 0 bridgehead atoms. The second-order valence-corrected chi connectivity index (χ2v) is 3.59. The van der Waals surface area contributed by atoms with Gasteiger partial charge >= 0.3 is 23.1 Å². The van der Waals surface area contributed by atoms with Gasteiger partial charge in [-0.05, 0) is 0 Å². The summed E-state index contributed by atoms with van der Waals surface area (Å²) in [6.07, 6.45) is 6.69. The average molecular weight is 308 g/mol. The summed E-state index contributed by atoms with van der Waals surface area (Å²) in [6, 6.07) is 2.11. The van der Waals surface area contributed by atoms with Gasteiger partial charge in [0.1, 0.15) is 0 Å².